The smallest absolute Gasteiger partial charge is 0.404 e. The van der Waals surface area contributed by atoms with E-state index in [0.29, 0.717) is 30.7 Å². The number of para-hydroxylation sites is 1. The van der Waals surface area contributed by atoms with Crippen molar-refractivity contribution in [2.75, 3.05) is 11.9 Å². The Bertz CT molecular complexity index is 1190. The molecule has 230 valence electrons. The summed E-state index contributed by atoms with van der Waals surface area (Å²) < 4.78 is 13.4. The molecule has 0 radical (unpaired) electrons. The van der Waals surface area contributed by atoms with Crippen molar-refractivity contribution in [1.82, 2.24) is 16.0 Å². The van der Waals surface area contributed by atoms with Crippen molar-refractivity contribution in [2.45, 2.75) is 128 Å². The van der Waals surface area contributed by atoms with E-state index in [0.717, 1.165) is 44.2 Å². The van der Waals surface area contributed by atoms with Crippen LogP contribution in [0.15, 0.2) is 24.3 Å². The van der Waals surface area contributed by atoms with E-state index in [1.165, 1.54) is 12.0 Å². The van der Waals surface area contributed by atoms with E-state index < -0.39 is 13.2 Å². The van der Waals surface area contributed by atoms with Crippen LogP contribution < -0.4 is 21.3 Å². The lowest BCUT2D eigenvalue weighted by Gasteiger charge is -2.64. The Labute approximate surface area is 252 Å². The molecule has 6 aliphatic rings. The molecule has 8 nitrogen and oxygen atoms in total. The third-order valence-corrected chi connectivity index (χ3v) is 11.6. The van der Waals surface area contributed by atoms with E-state index in [2.05, 4.69) is 74.9 Å². The lowest BCUT2D eigenvalue weighted by Crippen LogP contribution is -2.65. The van der Waals surface area contributed by atoms with Crippen molar-refractivity contribution < 1.29 is 18.9 Å². The van der Waals surface area contributed by atoms with Crippen LogP contribution in [0.25, 0.3) is 0 Å². The quantitative estimate of drug-likeness (QED) is 0.303. The number of amides is 3. The Hall–Kier alpha value is -2.26. The second-order valence-corrected chi connectivity index (χ2v) is 15.4. The van der Waals surface area contributed by atoms with Gasteiger partial charge < -0.3 is 30.6 Å². The van der Waals surface area contributed by atoms with Crippen molar-refractivity contribution in [3.05, 3.63) is 29.8 Å². The zero-order valence-electron chi connectivity index (χ0n) is 26.4. The highest BCUT2D eigenvalue weighted by atomic mass is 16.7. The van der Waals surface area contributed by atoms with Gasteiger partial charge in [-0.05, 0) is 80.2 Å². The summed E-state index contributed by atoms with van der Waals surface area (Å²) in [7, 11) is -0.501. The van der Waals surface area contributed by atoms with E-state index in [9.17, 15) is 9.59 Å². The molecule has 1 saturated heterocycles. The standard InChI is InChI=1S/C33H51BN4O4/c1-20(2)15-28(34-41-27-17-21-16-26(31(21,3)4)33(27,6)42-34)38-29(39)25(37-30(40)36-22-11-7-8-12-22)18-32(5)19-35-24-14-10-9-13-23(24)32/h9-10,13-14,20-22,25-28,35H,7-8,11-12,15-19H2,1-6H3,(H,38,39)(H2,36,37,40)/t21-,25-,26-,27+,28-,32?,33-/m0/s1. The molecular weight excluding hydrogens is 527 g/mol. The van der Waals surface area contributed by atoms with Crippen LogP contribution in [0.2, 0.25) is 0 Å². The number of anilines is 1. The van der Waals surface area contributed by atoms with Gasteiger partial charge in [0.05, 0.1) is 17.6 Å². The number of urea groups is 1. The molecule has 3 amide bonds. The van der Waals surface area contributed by atoms with Gasteiger partial charge in [0, 0.05) is 23.7 Å². The van der Waals surface area contributed by atoms with Gasteiger partial charge in [0.1, 0.15) is 6.04 Å². The monoisotopic (exact) mass is 578 g/mol. The molecule has 0 aromatic heterocycles. The first-order valence-electron chi connectivity index (χ1n) is 16.4. The third kappa shape index (κ3) is 5.33. The maximum Gasteiger partial charge on any atom is 0.481 e. The first-order valence-corrected chi connectivity index (χ1v) is 16.4. The van der Waals surface area contributed by atoms with E-state index >= 15 is 0 Å². The number of hydrogen-bond acceptors (Lipinski definition) is 5. The van der Waals surface area contributed by atoms with Crippen LogP contribution in [0.1, 0.15) is 98.5 Å². The van der Waals surface area contributed by atoms with Gasteiger partial charge >= 0.3 is 13.1 Å². The van der Waals surface area contributed by atoms with Crippen molar-refractivity contribution in [3.8, 4) is 0 Å². The Morgan fingerprint density at radius 1 is 1.07 bits per heavy atom. The van der Waals surface area contributed by atoms with Crippen molar-refractivity contribution in [1.29, 1.82) is 0 Å². The minimum Gasteiger partial charge on any atom is -0.404 e. The number of nitrogens with one attached hydrogen (secondary N) is 4. The van der Waals surface area contributed by atoms with Gasteiger partial charge in [-0.2, -0.15) is 0 Å². The number of carbonyl (C=O) groups is 2. The highest BCUT2D eigenvalue weighted by Crippen LogP contribution is 2.65. The zero-order valence-corrected chi connectivity index (χ0v) is 26.4. The fraction of sp³-hybridized carbons (Fsp3) is 0.758. The van der Waals surface area contributed by atoms with Crippen molar-refractivity contribution in [2.24, 2.45) is 23.2 Å². The number of hydrogen-bond donors (Lipinski definition) is 4. The zero-order chi connectivity index (χ0) is 29.9. The molecule has 7 atom stereocenters. The van der Waals surface area contributed by atoms with E-state index in [4.69, 9.17) is 9.31 Å². The van der Waals surface area contributed by atoms with Gasteiger partial charge in [0.25, 0.3) is 0 Å². The molecule has 2 aliphatic heterocycles. The maximum atomic E-state index is 14.2. The summed E-state index contributed by atoms with van der Waals surface area (Å²) in [6.07, 6.45) is 7.72. The number of carbonyl (C=O) groups excluding carboxylic acids is 2. The number of rotatable bonds is 9. The van der Waals surface area contributed by atoms with Crippen LogP contribution >= 0.6 is 0 Å². The summed E-state index contributed by atoms with van der Waals surface area (Å²) in [6, 6.07) is 7.47. The van der Waals surface area contributed by atoms with E-state index in [-0.39, 0.29) is 46.5 Å². The summed E-state index contributed by atoms with van der Waals surface area (Å²) in [5.41, 5.74) is 1.89. The summed E-state index contributed by atoms with van der Waals surface area (Å²) in [6.45, 7) is 14.2. The summed E-state index contributed by atoms with van der Waals surface area (Å²) in [5.74, 6) is 0.979. The lowest BCUT2D eigenvalue weighted by atomic mass is 9.43. The normalized spacial score (nSPS) is 34.2. The molecule has 1 aromatic carbocycles. The molecule has 4 N–H and O–H groups in total. The predicted molar refractivity (Wildman–Crippen MR) is 166 cm³/mol. The second kappa shape index (κ2) is 11.0. The summed E-state index contributed by atoms with van der Waals surface area (Å²) in [4.78, 5) is 27.4. The Kier molecular flexibility index (Phi) is 7.83. The average molecular weight is 579 g/mol. The molecule has 7 rings (SSSR count). The van der Waals surface area contributed by atoms with E-state index in [1.807, 2.05) is 12.1 Å². The number of benzene rings is 1. The van der Waals surface area contributed by atoms with Crippen molar-refractivity contribution in [3.63, 3.8) is 0 Å². The molecule has 2 bridgehead atoms. The van der Waals surface area contributed by atoms with Crippen LogP contribution in [-0.4, -0.2) is 55.3 Å². The summed E-state index contributed by atoms with van der Waals surface area (Å²) >= 11 is 0. The maximum absolute atomic E-state index is 14.2. The molecular formula is C33H51BN4O4. The van der Waals surface area contributed by atoms with Crippen LogP contribution in [0.3, 0.4) is 0 Å². The van der Waals surface area contributed by atoms with Crippen LogP contribution in [-0.2, 0) is 19.5 Å². The van der Waals surface area contributed by atoms with Gasteiger partial charge in [-0.3, -0.25) is 4.79 Å². The van der Waals surface area contributed by atoms with Crippen molar-refractivity contribution >= 4 is 24.7 Å². The second-order valence-electron chi connectivity index (χ2n) is 15.4. The molecule has 0 spiro atoms. The Morgan fingerprint density at radius 2 is 1.81 bits per heavy atom. The predicted octanol–water partition coefficient (Wildman–Crippen LogP) is 5.17. The first-order chi connectivity index (χ1) is 19.9. The molecule has 5 fully saturated rings. The minimum absolute atomic E-state index is 0.0527. The van der Waals surface area contributed by atoms with Gasteiger partial charge in [0.15, 0.2) is 0 Å². The fourth-order valence-electron chi connectivity index (χ4n) is 8.95. The molecule has 4 aliphatic carbocycles. The SMILES string of the molecule is CC(C)C[C@H](NC(=O)[C@H](CC1(C)CNc2ccccc21)NC(=O)NC1CCCC1)B1O[C@@H]2C[C@@H]3C[C@@H](C3(C)C)[C@]2(C)O1. The third-order valence-electron chi connectivity index (χ3n) is 11.6. The number of fused-ring (bicyclic) bond motifs is 1. The summed E-state index contributed by atoms with van der Waals surface area (Å²) in [5, 5.41) is 13.0. The van der Waals surface area contributed by atoms with E-state index in [1.54, 1.807) is 0 Å². The first kappa shape index (κ1) is 29.8. The van der Waals surface area contributed by atoms with Crippen LogP contribution in [0.4, 0.5) is 10.5 Å². The molecule has 1 aromatic rings. The average Bonchev–Trinajstić information content (AvgIpc) is 3.65. The lowest BCUT2D eigenvalue weighted by molar-refractivity contribution is -0.199. The Morgan fingerprint density at radius 3 is 2.52 bits per heavy atom. The largest absolute Gasteiger partial charge is 0.481 e. The van der Waals surface area contributed by atoms with Crippen LogP contribution in [0, 0.1) is 23.2 Å². The minimum atomic E-state index is -0.704. The topological polar surface area (TPSA) is 101 Å². The van der Waals surface area contributed by atoms with Gasteiger partial charge in [-0.25, -0.2) is 4.79 Å². The molecule has 42 heavy (non-hydrogen) atoms. The molecule has 1 unspecified atom stereocenters. The molecule has 9 heteroatoms. The molecule has 4 saturated carbocycles. The Balaban J connectivity index is 1.20. The highest BCUT2D eigenvalue weighted by molar-refractivity contribution is 6.48. The van der Waals surface area contributed by atoms with Gasteiger partial charge in [0.2, 0.25) is 5.91 Å². The highest BCUT2D eigenvalue weighted by Gasteiger charge is 2.68. The van der Waals surface area contributed by atoms with Gasteiger partial charge in [-0.1, -0.05) is 65.7 Å². The molecule has 2 heterocycles. The fourth-order valence-corrected chi connectivity index (χ4v) is 8.95. The van der Waals surface area contributed by atoms with Crippen LogP contribution in [0.5, 0.6) is 0 Å². The van der Waals surface area contributed by atoms with Gasteiger partial charge in [-0.15, -0.1) is 0 Å².